The van der Waals surface area contributed by atoms with E-state index in [0.717, 1.165) is 83.3 Å². The van der Waals surface area contributed by atoms with Crippen LogP contribution in [0.15, 0.2) is 24.3 Å². The number of amides is 1. The molecule has 144 valence electrons. The maximum atomic E-state index is 12.5. The molecule has 0 radical (unpaired) electrons. The Balaban J connectivity index is 1.36. The standard InChI is InChI=1S/C20H30ClN3O2/c21-19-6-4-17(5-7-19)15-24-9-1-3-18(16-24)20(25)22-8-2-10-23-11-13-26-14-12-23/h4-7,18H,1-3,8-16H2,(H,22,25). The van der Waals surface area contributed by atoms with Gasteiger partial charge in [0.1, 0.15) is 0 Å². The molecule has 1 N–H and O–H groups in total. The van der Waals surface area contributed by atoms with Crippen molar-refractivity contribution in [3.63, 3.8) is 0 Å². The summed E-state index contributed by atoms with van der Waals surface area (Å²) < 4.78 is 5.36. The second-order valence-corrected chi connectivity index (χ2v) is 7.74. The zero-order valence-electron chi connectivity index (χ0n) is 15.5. The van der Waals surface area contributed by atoms with Crippen molar-refractivity contribution in [2.45, 2.75) is 25.8 Å². The van der Waals surface area contributed by atoms with E-state index in [1.54, 1.807) is 0 Å². The minimum absolute atomic E-state index is 0.111. The summed E-state index contributed by atoms with van der Waals surface area (Å²) >= 11 is 5.95. The first-order valence-electron chi connectivity index (χ1n) is 9.75. The zero-order chi connectivity index (χ0) is 18.2. The van der Waals surface area contributed by atoms with E-state index in [-0.39, 0.29) is 11.8 Å². The Morgan fingerprint density at radius 3 is 2.69 bits per heavy atom. The van der Waals surface area contributed by atoms with Crippen molar-refractivity contribution in [1.29, 1.82) is 0 Å². The molecule has 0 saturated carbocycles. The number of halogens is 1. The lowest BCUT2D eigenvalue weighted by Gasteiger charge is -2.32. The van der Waals surface area contributed by atoms with Gasteiger partial charge in [-0.2, -0.15) is 0 Å². The Labute approximate surface area is 161 Å². The molecule has 1 unspecified atom stereocenters. The number of hydrogen-bond donors (Lipinski definition) is 1. The highest BCUT2D eigenvalue weighted by molar-refractivity contribution is 6.30. The quantitative estimate of drug-likeness (QED) is 0.739. The Bertz CT molecular complexity index is 561. The van der Waals surface area contributed by atoms with Gasteiger partial charge in [-0.15, -0.1) is 0 Å². The number of carbonyl (C=O) groups excluding carboxylic acids is 1. The van der Waals surface area contributed by atoms with Crippen molar-refractivity contribution >= 4 is 17.5 Å². The monoisotopic (exact) mass is 379 g/mol. The number of ether oxygens (including phenoxy) is 1. The molecule has 2 aliphatic heterocycles. The van der Waals surface area contributed by atoms with E-state index < -0.39 is 0 Å². The van der Waals surface area contributed by atoms with Gasteiger partial charge >= 0.3 is 0 Å². The van der Waals surface area contributed by atoms with Crippen LogP contribution in [0.2, 0.25) is 5.02 Å². The highest BCUT2D eigenvalue weighted by Gasteiger charge is 2.25. The Morgan fingerprint density at radius 1 is 1.15 bits per heavy atom. The van der Waals surface area contributed by atoms with Crippen LogP contribution in [0.4, 0.5) is 0 Å². The normalized spacial score (nSPS) is 22.3. The number of benzene rings is 1. The van der Waals surface area contributed by atoms with E-state index in [9.17, 15) is 4.79 Å². The van der Waals surface area contributed by atoms with Crippen molar-refractivity contribution in [1.82, 2.24) is 15.1 Å². The van der Waals surface area contributed by atoms with E-state index >= 15 is 0 Å². The van der Waals surface area contributed by atoms with Crippen LogP contribution in [0.1, 0.15) is 24.8 Å². The maximum Gasteiger partial charge on any atom is 0.224 e. The molecule has 2 fully saturated rings. The fraction of sp³-hybridized carbons (Fsp3) is 0.650. The first kappa shape index (κ1) is 19.6. The summed E-state index contributed by atoms with van der Waals surface area (Å²) in [5.74, 6) is 0.326. The van der Waals surface area contributed by atoms with Gasteiger partial charge in [-0.1, -0.05) is 23.7 Å². The molecule has 0 spiro atoms. The third-order valence-electron chi connectivity index (χ3n) is 5.25. The highest BCUT2D eigenvalue weighted by atomic mass is 35.5. The summed E-state index contributed by atoms with van der Waals surface area (Å²) in [4.78, 5) is 17.3. The number of nitrogens with zero attached hydrogens (tertiary/aromatic N) is 2. The fourth-order valence-electron chi connectivity index (χ4n) is 3.74. The molecule has 0 aromatic heterocycles. The Morgan fingerprint density at radius 2 is 1.92 bits per heavy atom. The predicted octanol–water partition coefficient (Wildman–Crippen LogP) is 2.39. The topological polar surface area (TPSA) is 44.8 Å². The summed E-state index contributed by atoms with van der Waals surface area (Å²) in [6.07, 6.45) is 3.08. The summed E-state index contributed by atoms with van der Waals surface area (Å²) in [6.45, 7) is 8.28. The molecule has 0 bridgehead atoms. The average molecular weight is 380 g/mol. The van der Waals surface area contributed by atoms with Crippen LogP contribution >= 0.6 is 11.6 Å². The second-order valence-electron chi connectivity index (χ2n) is 7.30. The molecule has 1 aromatic carbocycles. The number of rotatable bonds is 7. The van der Waals surface area contributed by atoms with Crippen molar-refractivity contribution in [2.24, 2.45) is 5.92 Å². The van der Waals surface area contributed by atoms with Crippen molar-refractivity contribution in [3.05, 3.63) is 34.9 Å². The Kier molecular flexibility index (Phi) is 7.74. The number of hydrogen-bond acceptors (Lipinski definition) is 4. The third-order valence-corrected chi connectivity index (χ3v) is 5.50. The molecular weight excluding hydrogens is 350 g/mol. The van der Waals surface area contributed by atoms with Crippen LogP contribution in [-0.2, 0) is 16.1 Å². The van der Waals surface area contributed by atoms with Gasteiger partial charge in [0.2, 0.25) is 5.91 Å². The van der Waals surface area contributed by atoms with Crippen LogP contribution in [0.5, 0.6) is 0 Å². The molecule has 1 amide bonds. The molecule has 5 nitrogen and oxygen atoms in total. The van der Waals surface area contributed by atoms with Crippen molar-refractivity contribution < 1.29 is 9.53 Å². The molecule has 2 heterocycles. The van der Waals surface area contributed by atoms with Gasteiger partial charge in [0.05, 0.1) is 19.1 Å². The van der Waals surface area contributed by atoms with Crippen LogP contribution in [0, 0.1) is 5.92 Å². The predicted molar refractivity (Wildman–Crippen MR) is 104 cm³/mol. The number of carbonyl (C=O) groups is 1. The smallest absolute Gasteiger partial charge is 0.224 e. The molecule has 2 aliphatic rings. The van der Waals surface area contributed by atoms with Crippen LogP contribution in [0.25, 0.3) is 0 Å². The maximum absolute atomic E-state index is 12.5. The first-order valence-corrected chi connectivity index (χ1v) is 10.1. The summed E-state index contributed by atoms with van der Waals surface area (Å²) in [6, 6.07) is 7.99. The number of likely N-dealkylation sites (tertiary alicyclic amines) is 1. The van der Waals surface area contributed by atoms with E-state index in [4.69, 9.17) is 16.3 Å². The van der Waals surface area contributed by atoms with Gasteiger partial charge in [0, 0.05) is 37.7 Å². The zero-order valence-corrected chi connectivity index (χ0v) is 16.2. The van der Waals surface area contributed by atoms with E-state index in [1.165, 1.54) is 5.56 Å². The average Bonchev–Trinajstić information content (AvgIpc) is 2.68. The number of nitrogens with one attached hydrogen (secondary N) is 1. The molecule has 0 aliphatic carbocycles. The van der Waals surface area contributed by atoms with Crippen LogP contribution in [0.3, 0.4) is 0 Å². The largest absolute Gasteiger partial charge is 0.379 e. The van der Waals surface area contributed by atoms with Gasteiger partial charge in [0.25, 0.3) is 0 Å². The molecule has 1 aromatic rings. The lowest BCUT2D eigenvalue weighted by atomic mass is 9.96. The summed E-state index contributed by atoms with van der Waals surface area (Å²) in [7, 11) is 0. The molecule has 26 heavy (non-hydrogen) atoms. The lowest BCUT2D eigenvalue weighted by Crippen LogP contribution is -2.43. The number of piperidine rings is 1. The van der Waals surface area contributed by atoms with E-state index in [2.05, 4.69) is 27.2 Å². The Hall–Kier alpha value is -1.14. The van der Waals surface area contributed by atoms with E-state index in [1.807, 2.05) is 12.1 Å². The molecular formula is C20H30ClN3O2. The minimum atomic E-state index is 0.111. The van der Waals surface area contributed by atoms with E-state index in [0.29, 0.717) is 0 Å². The molecule has 1 atom stereocenters. The summed E-state index contributed by atoms with van der Waals surface area (Å²) in [5, 5.41) is 3.91. The van der Waals surface area contributed by atoms with Gasteiger partial charge in [-0.05, 0) is 50.0 Å². The lowest BCUT2D eigenvalue weighted by molar-refractivity contribution is -0.126. The summed E-state index contributed by atoms with van der Waals surface area (Å²) in [5.41, 5.74) is 1.25. The SMILES string of the molecule is O=C(NCCCN1CCOCC1)C1CCCN(Cc2ccc(Cl)cc2)C1. The van der Waals surface area contributed by atoms with Crippen LogP contribution < -0.4 is 5.32 Å². The van der Waals surface area contributed by atoms with Crippen LogP contribution in [-0.4, -0.2) is 68.2 Å². The second kappa shape index (κ2) is 10.3. The third kappa shape index (κ3) is 6.23. The highest BCUT2D eigenvalue weighted by Crippen LogP contribution is 2.19. The van der Waals surface area contributed by atoms with Crippen molar-refractivity contribution in [3.8, 4) is 0 Å². The minimum Gasteiger partial charge on any atom is -0.379 e. The molecule has 2 saturated heterocycles. The number of morpholine rings is 1. The van der Waals surface area contributed by atoms with Gasteiger partial charge in [-0.3, -0.25) is 14.6 Å². The first-order chi connectivity index (χ1) is 12.7. The molecule has 6 heteroatoms. The van der Waals surface area contributed by atoms with Crippen molar-refractivity contribution in [2.75, 3.05) is 52.5 Å². The van der Waals surface area contributed by atoms with Gasteiger partial charge in [0.15, 0.2) is 0 Å². The van der Waals surface area contributed by atoms with Gasteiger partial charge < -0.3 is 10.1 Å². The molecule has 3 rings (SSSR count). The van der Waals surface area contributed by atoms with Gasteiger partial charge in [-0.25, -0.2) is 0 Å². The fourth-order valence-corrected chi connectivity index (χ4v) is 3.87.